The van der Waals surface area contributed by atoms with Crippen molar-refractivity contribution < 1.29 is 4.74 Å². The number of anilines is 2. The molecular formula is C13H20N2O. The summed E-state index contributed by atoms with van der Waals surface area (Å²) in [6.07, 6.45) is 2.69. The number of ether oxygens (including phenoxy) is 1. The molecule has 0 radical (unpaired) electrons. The van der Waals surface area contributed by atoms with E-state index in [0.717, 1.165) is 23.0 Å². The van der Waals surface area contributed by atoms with Crippen molar-refractivity contribution in [2.75, 3.05) is 24.8 Å². The van der Waals surface area contributed by atoms with Crippen LogP contribution in [-0.2, 0) is 0 Å². The lowest BCUT2D eigenvalue weighted by atomic mass is 10.1. The Morgan fingerprint density at radius 3 is 2.69 bits per heavy atom. The third kappa shape index (κ3) is 1.94. The third-order valence-electron chi connectivity index (χ3n) is 3.56. The summed E-state index contributed by atoms with van der Waals surface area (Å²) in [4.78, 5) is 2.26. The SMILES string of the molecule is COc1cccc(N(C)C(C)C2CC2)c1N. The molecule has 0 bridgehead atoms. The highest BCUT2D eigenvalue weighted by atomic mass is 16.5. The van der Waals surface area contributed by atoms with Crippen LogP contribution in [0.2, 0.25) is 0 Å². The lowest BCUT2D eigenvalue weighted by molar-refractivity contribution is 0.417. The molecule has 1 aromatic carbocycles. The Bertz CT molecular complexity index is 374. The first-order chi connectivity index (χ1) is 7.65. The summed E-state index contributed by atoms with van der Waals surface area (Å²) < 4.78 is 5.24. The number of nitrogen functional groups attached to an aromatic ring is 1. The molecule has 1 aliphatic rings. The molecule has 1 aromatic rings. The number of nitrogens with two attached hydrogens (primary N) is 1. The largest absolute Gasteiger partial charge is 0.495 e. The van der Waals surface area contributed by atoms with Crippen molar-refractivity contribution in [2.24, 2.45) is 5.92 Å². The third-order valence-corrected chi connectivity index (χ3v) is 3.56. The summed E-state index contributed by atoms with van der Waals surface area (Å²) in [6, 6.07) is 6.49. The maximum absolute atomic E-state index is 6.09. The second-order valence-corrected chi connectivity index (χ2v) is 4.58. The van der Waals surface area contributed by atoms with Gasteiger partial charge in [-0.3, -0.25) is 0 Å². The highest BCUT2D eigenvalue weighted by Crippen LogP contribution is 2.39. The van der Waals surface area contributed by atoms with Gasteiger partial charge >= 0.3 is 0 Å². The maximum atomic E-state index is 6.09. The van der Waals surface area contributed by atoms with Crippen LogP contribution < -0.4 is 15.4 Å². The van der Waals surface area contributed by atoms with E-state index < -0.39 is 0 Å². The van der Waals surface area contributed by atoms with Crippen LogP contribution in [0.3, 0.4) is 0 Å². The van der Waals surface area contributed by atoms with E-state index in [0.29, 0.717) is 6.04 Å². The van der Waals surface area contributed by atoms with Crippen LogP contribution in [0.4, 0.5) is 11.4 Å². The molecule has 1 aliphatic carbocycles. The average molecular weight is 220 g/mol. The van der Waals surface area contributed by atoms with Crippen molar-refractivity contribution in [1.29, 1.82) is 0 Å². The molecule has 1 atom stereocenters. The summed E-state index contributed by atoms with van der Waals surface area (Å²) in [6.45, 7) is 2.26. The van der Waals surface area contributed by atoms with Gasteiger partial charge in [0, 0.05) is 13.1 Å². The van der Waals surface area contributed by atoms with Crippen molar-refractivity contribution in [2.45, 2.75) is 25.8 Å². The lowest BCUT2D eigenvalue weighted by Crippen LogP contribution is -2.31. The number of benzene rings is 1. The van der Waals surface area contributed by atoms with Crippen molar-refractivity contribution in [3.63, 3.8) is 0 Å². The fourth-order valence-electron chi connectivity index (χ4n) is 2.13. The number of nitrogens with zero attached hydrogens (tertiary/aromatic N) is 1. The van der Waals surface area contributed by atoms with Crippen molar-refractivity contribution in [1.82, 2.24) is 0 Å². The summed E-state index contributed by atoms with van der Waals surface area (Å²) in [5.41, 5.74) is 7.89. The Morgan fingerprint density at radius 1 is 1.44 bits per heavy atom. The van der Waals surface area contributed by atoms with Gasteiger partial charge in [0.15, 0.2) is 0 Å². The number of para-hydroxylation sites is 1. The number of rotatable bonds is 4. The minimum atomic E-state index is 0.550. The van der Waals surface area contributed by atoms with Gasteiger partial charge < -0.3 is 15.4 Å². The molecule has 1 fully saturated rings. The van der Waals surface area contributed by atoms with E-state index in [1.54, 1.807) is 7.11 Å². The molecule has 16 heavy (non-hydrogen) atoms. The summed E-state index contributed by atoms with van der Waals surface area (Å²) in [7, 11) is 3.76. The molecule has 0 aliphatic heterocycles. The predicted molar refractivity (Wildman–Crippen MR) is 68.0 cm³/mol. The van der Waals surface area contributed by atoms with E-state index in [2.05, 4.69) is 24.9 Å². The van der Waals surface area contributed by atoms with E-state index in [-0.39, 0.29) is 0 Å². The van der Waals surface area contributed by atoms with E-state index in [1.165, 1.54) is 12.8 Å². The highest BCUT2D eigenvalue weighted by molar-refractivity contribution is 5.74. The molecule has 3 nitrogen and oxygen atoms in total. The van der Waals surface area contributed by atoms with Crippen LogP contribution in [0.1, 0.15) is 19.8 Å². The quantitative estimate of drug-likeness (QED) is 0.792. The van der Waals surface area contributed by atoms with Crippen molar-refractivity contribution >= 4 is 11.4 Å². The van der Waals surface area contributed by atoms with Crippen molar-refractivity contribution in [3.05, 3.63) is 18.2 Å². The van der Waals surface area contributed by atoms with Crippen molar-refractivity contribution in [3.8, 4) is 5.75 Å². The zero-order chi connectivity index (χ0) is 11.7. The fourth-order valence-corrected chi connectivity index (χ4v) is 2.13. The van der Waals surface area contributed by atoms with E-state index in [9.17, 15) is 0 Å². The van der Waals surface area contributed by atoms with Crippen LogP contribution in [0.25, 0.3) is 0 Å². The molecule has 2 N–H and O–H groups in total. The average Bonchev–Trinajstić information content (AvgIpc) is 3.11. The molecule has 88 valence electrons. The molecule has 2 rings (SSSR count). The summed E-state index contributed by atoms with van der Waals surface area (Å²) in [5, 5.41) is 0. The minimum Gasteiger partial charge on any atom is -0.495 e. The van der Waals surface area contributed by atoms with Gasteiger partial charge in [-0.15, -0.1) is 0 Å². The fraction of sp³-hybridized carbons (Fsp3) is 0.538. The molecule has 3 heteroatoms. The Kier molecular flexibility index (Phi) is 2.95. The molecule has 0 heterocycles. The van der Waals surface area contributed by atoms with Crippen LogP contribution in [0.5, 0.6) is 5.75 Å². The molecule has 0 aromatic heterocycles. The first-order valence-electron chi connectivity index (χ1n) is 5.80. The second-order valence-electron chi connectivity index (χ2n) is 4.58. The Balaban J connectivity index is 2.24. The Morgan fingerprint density at radius 2 is 2.12 bits per heavy atom. The van der Waals surface area contributed by atoms with E-state index in [1.807, 2.05) is 12.1 Å². The number of hydrogen-bond acceptors (Lipinski definition) is 3. The maximum Gasteiger partial charge on any atom is 0.143 e. The van der Waals surface area contributed by atoms with Gasteiger partial charge in [0.2, 0.25) is 0 Å². The molecular weight excluding hydrogens is 200 g/mol. The van der Waals surface area contributed by atoms with Gasteiger partial charge in [-0.25, -0.2) is 0 Å². The molecule has 0 saturated heterocycles. The molecule has 0 amide bonds. The number of methoxy groups -OCH3 is 1. The highest BCUT2D eigenvalue weighted by Gasteiger charge is 2.31. The van der Waals surface area contributed by atoms with Gasteiger partial charge in [0.05, 0.1) is 18.5 Å². The Labute approximate surface area is 97.2 Å². The lowest BCUT2D eigenvalue weighted by Gasteiger charge is -2.28. The van der Waals surface area contributed by atoms with Gasteiger partial charge in [-0.1, -0.05) is 6.07 Å². The van der Waals surface area contributed by atoms with Crippen LogP contribution in [0, 0.1) is 5.92 Å². The molecule has 1 saturated carbocycles. The first kappa shape index (κ1) is 11.1. The monoisotopic (exact) mass is 220 g/mol. The van der Waals surface area contributed by atoms with Gasteiger partial charge in [-0.2, -0.15) is 0 Å². The van der Waals surface area contributed by atoms with E-state index >= 15 is 0 Å². The van der Waals surface area contributed by atoms with E-state index in [4.69, 9.17) is 10.5 Å². The smallest absolute Gasteiger partial charge is 0.143 e. The van der Waals surface area contributed by atoms with Crippen LogP contribution in [0.15, 0.2) is 18.2 Å². The van der Waals surface area contributed by atoms with Crippen LogP contribution in [-0.4, -0.2) is 20.2 Å². The molecule has 0 spiro atoms. The van der Waals surface area contributed by atoms with Gasteiger partial charge in [0.25, 0.3) is 0 Å². The normalized spacial score (nSPS) is 16.9. The minimum absolute atomic E-state index is 0.550. The second kappa shape index (κ2) is 4.24. The zero-order valence-electron chi connectivity index (χ0n) is 10.2. The van der Waals surface area contributed by atoms with Crippen LogP contribution >= 0.6 is 0 Å². The zero-order valence-corrected chi connectivity index (χ0v) is 10.2. The predicted octanol–water partition coefficient (Wildman–Crippen LogP) is 2.51. The molecule has 1 unspecified atom stereocenters. The summed E-state index contributed by atoms with van der Waals surface area (Å²) >= 11 is 0. The first-order valence-corrected chi connectivity index (χ1v) is 5.80. The standard InChI is InChI=1S/C13H20N2O/c1-9(10-7-8-10)15(2)11-5-4-6-12(16-3)13(11)14/h4-6,9-10H,7-8,14H2,1-3H3. The van der Waals surface area contributed by atoms with Gasteiger partial charge in [-0.05, 0) is 37.8 Å². The number of hydrogen-bond donors (Lipinski definition) is 1. The Hall–Kier alpha value is -1.38. The summed E-state index contributed by atoms with van der Waals surface area (Å²) in [5.74, 6) is 1.59. The van der Waals surface area contributed by atoms with Gasteiger partial charge in [0.1, 0.15) is 5.75 Å². The topological polar surface area (TPSA) is 38.5 Å².